The van der Waals surface area contributed by atoms with Crippen molar-refractivity contribution in [1.29, 1.82) is 0 Å². The number of hydrogen-bond donors (Lipinski definition) is 0. The maximum absolute atomic E-state index is 6.05. The fourth-order valence-corrected chi connectivity index (χ4v) is 4.42. The number of nitrogens with zero attached hydrogens (tertiary/aromatic N) is 1. The van der Waals surface area contributed by atoms with E-state index in [0.29, 0.717) is 0 Å². The average molecular weight is 547 g/mol. The van der Waals surface area contributed by atoms with Crippen molar-refractivity contribution in [2.45, 2.75) is 51.4 Å². The van der Waals surface area contributed by atoms with Gasteiger partial charge in [-0.25, -0.2) is 0 Å². The predicted molar refractivity (Wildman–Crippen MR) is 111 cm³/mol. The van der Waals surface area contributed by atoms with Gasteiger partial charge in [0.15, 0.2) is 0 Å². The Bertz CT molecular complexity index is 1190. The third-order valence-corrected chi connectivity index (χ3v) is 6.32. The second kappa shape index (κ2) is 6.54. The SMILES string of the molecule is CC1(C)CCC(C)(C)c2cc(-c3cc4oc5ccccc5c4cn3)[c-]cc21.[Ir]. The molecule has 0 saturated carbocycles. The van der Waals surface area contributed by atoms with Gasteiger partial charge in [0.2, 0.25) is 0 Å². The Kier molecular flexibility index (Phi) is 4.52. The van der Waals surface area contributed by atoms with Crippen molar-refractivity contribution >= 4 is 21.9 Å². The van der Waals surface area contributed by atoms with Crippen molar-refractivity contribution in [2.75, 3.05) is 0 Å². The Hall–Kier alpha value is -1.96. The minimum atomic E-state index is 0. The van der Waals surface area contributed by atoms with Crippen LogP contribution in [-0.2, 0) is 30.9 Å². The number of hydrogen-bond acceptors (Lipinski definition) is 2. The van der Waals surface area contributed by atoms with Crippen LogP contribution in [0.4, 0.5) is 0 Å². The van der Waals surface area contributed by atoms with Crippen LogP contribution >= 0.6 is 0 Å². The van der Waals surface area contributed by atoms with E-state index in [1.807, 2.05) is 24.4 Å². The Labute approximate surface area is 179 Å². The summed E-state index contributed by atoms with van der Waals surface area (Å²) in [6.07, 6.45) is 4.34. The zero-order valence-corrected chi connectivity index (χ0v) is 19.1. The number of rotatable bonds is 1. The first-order chi connectivity index (χ1) is 12.9. The normalized spacial score (nSPS) is 17.3. The predicted octanol–water partition coefficient (Wildman–Crippen LogP) is 6.79. The molecule has 4 aromatic rings. The summed E-state index contributed by atoms with van der Waals surface area (Å²) in [7, 11) is 0. The van der Waals surface area contributed by atoms with Crippen LogP contribution in [0.1, 0.15) is 51.7 Å². The van der Waals surface area contributed by atoms with E-state index < -0.39 is 0 Å². The summed E-state index contributed by atoms with van der Waals surface area (Å²) in [6.45, 7) is 9.38. The molecule has 0 bridgehead atoms. The molecule has 2 aromatic heterocycles. The maximum atomic E-state index is 6.05. The Balaban J connectivity index is 0.00000192. The third kappa shape index (κ3) is 2.93. The molecule has 145 valence electrons. The Morgan fingerprint density at radius 1 is 0.893 bits per heavy atom. The molecule has 0 spiro atoms. The molecule has 1 aliphatic rings. The van der Waals surface area contributed by atoms with Crippen LogP contribution in [0.25, 0.3) is 33.2 Å². The number of pyridine rings is 1. The smallest absolute Gasteiger partial charge is 0.135 e. The molecule has 0 atom stereocenters. The van der Waals surface area contributed by atoms with Gasteiger partial charge in [-0.2, -0.15) is 0 Å². The second-order valence-corrected chi connectivity index (χ2v) is 9.11. The Morgan fingerprint density at radius 2 is 1.61 bits per heavy atom. The van der Waals surface area contributed by atoms with Gasteiger partial charge in [-0.1, -0.05) is 52.3 Å². The van der Waals surface area contributed by atoms with Gasteiger partial charge in [0.25, 0.3) is 0 Å². The van der Waals surface area contributed by atoms with Crippen LogP contribution in [0, 0.1) is 6.07 Å². The quantitative estimate of drug-likeness (QED) is 0.246. The van der Waals surface area contributed by atoms with E-state index >= 15 is 0 Å². The van der Waals surface area contributed by atoms with E-state index in [0.717, 1.165) is 33.2 Å². The van der Waals surface area contributed by atoms with Gasteiger partial charge in [-0.05, 0) is 35.1 Å². The minimum absolute atomic E-state index is 0. The number of benzene rings is 2. The van der Waals surface area contributed by atoms with E-state index in [-0.39, 0.29) is 30.9 Å². The summed E-state index contributed by atoms with van der Waals surface area (Å²) in [5.74, 6) is 0. The van der Waals surface area contributed by atoms with Gasteiger partial charge in [0.05, 0.1) is 0 Å². The number of fused-ring (bicyclic) bond motifs is 4. The monoisotopic (exact) mass is 547 g/mol. The molecule has 1 aliphatic carbocycles. The molecule has 0 saturated heterocycles. The molecule has 0 unspecified atom stereocenters. The van der Waals surface area contributed by atoms with Crippen LogP contribution in [0.5, 0.6) is 0 Å². The molecule has 0 N–H and O–H groups in total. The molecular weight excluding hydrogens is 522 g/mol. The van der Waals surface area contributed by atoms with E-state index in [4.69, 9.17) is 9.40 Å². The average Bonchev–Trinajstić information content (AvgIpc) is 3.03. The fourth-order valence-electron chi connectivity index (χ4n) is 4.42. The molecule has 0 fully saturated rings. The molecule has 3 heteroatoms. The van der Waals surface area contributed by atoms with Gasteiger partial charge in [0.1, 0.15) is 11.2 Å². The third-order valence-electron chi connectivity index (χ3n) is 6.32. The summed E-state index contributed by atoms with van der Waals surface area (Å²) in [5, 5.41) is 2.18. The largest absolute Gasteiger partial charge is 0.457 e. The Morgan fingerprint density at radius 3 is 2.39 bits per heavy atom. The van der Waals surface area contributed by atoms with Crippen LogP contribution < -0.4 is 0 Å². The summed E-state index contributed by atoms with van der Waals surface area (Å²) in [4.78, 5) is 4.74. The first-order valence-electron chi connectivity index (χ1n) is 9.70. The van der Waals surface area contributed by atoms with Gasteiger partial charge in [-0.15, -0.1) is 34.9 Å². The van der Waals surface area contributed by atoms with Gasteiger partial charge in [-0.3, -0.25) is 0 Å². The summed E-state index contributed by atoms with van der Waals surface area (Å²) in [5.41, 5.74) is 6.99. The fraction of sp³-hybridized carbons (Fsp3) is 0.320. The summed E-state index contributed by atoms with van der Waals surface area (Å²) >= 11 is 0. The van der Waals surface area contributed by atoms with Crippen molar-refractivity contribution in [3.63, 3.8) is 0 Å². The van der Waals surface area contributed by atoms with Crippen molar-refractivity contribution in [2.24, 2.45) is 0 Å². The van der Waals surface area contributed by atoms with Gasteiger partial charge < -0.3 is 9.40 Å². The van der Waals surface area contributed by atoms with Crippen molar-refractivity contribution < 1.29 is 24.5 Å². The zero-order chi connectivity index (χ0) is 18.8. The molecule has 1 radical (unpaired) electrons. The first kappa shape index (κ1) is 19.4. The summed E-state index contributed by atoms with van der Waals surface area (Å²) in [6, 6.07) is 18.2. The van der Waals surface area contributed by atoms with Crippen LogP contribution in [-0.4, -0.2) is 4.98 Å². The van der Waals surface area contributed by atoms with Crippen molar-refractivity contribution in [1.82, 2.24) is 4.98 Å². The zero-order valence-electron chi connectivity index (χ0n) is 16.7. The second-order valence-electron chi connectivity index (χ2n) is 9.11. The maximum Gasteiger partial charge on any atom is 0.135 e. The van der Waals surface area contributed by atoms with Crippen molar-refractivity contribution in [3.8, 4) is 11.3 Å². The molecule has 28 heavy (non-hydrogen) atoms. The van der Waals surface area contributed by atoms with E-state index in [9.17, 15) is 0 Å². The van der Waals surface area contributed by atoms with E-state index in [1.54, 1.807) is 0 Å². The molecule has 5 rings (SSSR count). The first-order valence-corrected chi connectivity index (χ1v) is 9.70. The van der Waals surface area contributed by atoms with Crippen molar-refractivity contribution in [3.05, 3.63) is 65.9 Å². The molecular formula is C25H24IrNO-. The molecule has 2 nitrogen and oxygen atoms in total. The molecule has 0 aliphatic heterocycles. The van der Waals surface area contributed by atoms with Crippen LogP contribution in [0.2, 0.25) is 0 Å². The summed E-state index contributed by atoms with van der Waals surface area (Å²) < 4.78 is 6.05. The van der Waals surface area contributed by atoms with Gasteiger partial charge >= 0.3 is 0 Å². The number of para-hydroxylation sites is 1. The minimum Gasteiger partial charge on any atom is -0.457 e. The van der Waals surface area contributed by atoms with Crippen LogP contribution in [0.15, 0.2) is 53.1 Å². The molecule has 2 aromatic carbocycles. The number of aromatic nitrogens is 1. The molecule has 2 heterocycles. The topological polar surface area (TPSA) is 26.0 Å². The van der Waals surface area contributed by atoms with Crippen LogP contribution in [0.3, 0.4) is 0 Å². The van der Waals surface area contributed by atoms with E-state index in [1.165, 1.54) is 24.0 Å². The van der Waals surface area contributed by atoms with Gasteiger partial charge in [0, 0.05) is 37.1 Å². The molecule has 0 amide bonds. The van der Waals surface area contributed by atoms with E-state index in [2.05, 4.69) is 58.0 Å². The standard InChI is InChI=1S/C25H24NO.Ir/c1-24(2)11-12-25(3,4)20-13-16(9-10-19(20)24)21-14-23-18(15-26-21)17-7-5-6-8-22(17)27-23;/h5-8,10,13-15H,11-12H2,1-4H3;/q-1;. The number of furan rings is 1.